The number of benzene rings is 7. The number of furan rings is 1. The minimum atomic E-state index is 0.894. The topological polar surface area (TPSA) is 24.8 Å². The van der Waals surface area contributed by atoms with E-state index in [1.54, 1.807) is 0 Å². The first-order valence-electron chi connectivity index (χ1n) is 15.8. The maximum atomic E-state index is 6.63. The summed E-state index contributed by atoms with van der Waals surface area (Å²) in [5, 5.41) is 4.44. The molecule has 0 fully saturated rings. The summed E-state index contributed by atoms with van der Waals surface area (Å²) in [6, 6.07) is 57.4. The zero-order valence-electron chi connectivity index (χ0n) is 25.6. The lowest BCUT2D eigenvalue weighted by Crippen LogP contribution is -2.55. The molecule has 0 aliphatic heterocycles. The largest absolute Gasteiger partial charge is 0.455 e. The summed E-state index contributed by atoms with van der Waals surface area (Å²) in [6.45, 7) is 0. The Hall–Kier alpha value is -6.39. The molecular weight excluding hydrogens is 574 g/mol. The molecule has 0 amide bonds. The van der Waals surface area contributed by atoms with Gasteiger partial charge in [-0.25, -0.2) is 0 Å². The highest BCUT2D eigenvalue weighted by molar-refractivity contribution is 6.16. The summed E-state index contributed by atoms with van der Waals surface area (Å²) in [7, 11) is 0. The van der Waals surface area contributed by atoms with Gasteiger partial charge in [-0.3, -0.25) is 0 Å². The van der Waals surface area contributed by atoms with E-state index in [4.69, 9.17) is 4.42 Å². The first-order valence-corrected chi connectivity index (χ1v) is 15.8. The van der Waals surface area contributed by atoms with Gasteiger partial charge in [0.25, 0.3) is 0 Å². The van der Waals surface area contributed by atoms with E-state index < -0.39 is 0 Å². The molecular formula is C43H30N3O+3. The molecule has 0 radical (unpaired) electrons. The van der Waals surface area contributed by atoms with Crippen LogP contribution in [0.1, 0.15) is 0 Å². The SMILES string of the molecule is c1ccc(-c2ccc(-[n+]3c[n+](-c4ccccc4)c[n+](-c4cccc5c4ccc4c6ccc(-c7ccccc7)cc6oc54)c3)cc2)cc1. The van der Waals surface area contributed by atoms with E-state index in [1.807, 2.05) is 18.2 Å². The smallest absolute Gasteiger partial charge is 0.428 e. The van der Waals surface area contributed by atoms with Crippen molar-refractivity contribution in [2.45, 2.75) is 0 Å². The van der Waals surface area contributed by atoms with Crippen LogP contribution >= 0.6 is 0 Å². The fraction of sp³-hybridized carbons (Fsp3) is 0. The van der Waals surface area contributed by atoms with Gasteiger partial charge in [0.2, 0.25) is 17.1 Å². The second-order valence-corrected chi connectivity index (χ2v) is 11.8. The number of fused-ring (bicyclic) bond motifs is 5. The Kier molecular flexibility index (Phi) is 6.43. The van der Waals surface area contributed by atoms with E-state index in [0.29, 0.717) is 0 Å². The standard InChI is InChI=1S/C43H30N3O/c1-4-11-31(12-5-1)33-19-22-36(23-20-33)45-28-44(35-15-8-3-9-16-35)29-46(30-45)41-18-10-17-39-37(41)25-26-40-38-24-21-34(27-42(38)47-43(39)40)32-13-6-2-7-14-32/h1-30H/q+3. The van der Waals surface area contributed by atoms with Gasteiger partial charge >= 0.3 is 19.0 Å². The molecule has 0 aliphatic carbocycles. The Balaban J connectivity index is 1.20. The molecule has 0 saturated heterocycles. The van der Waals surface area contributed by atoms with Crippen LogP contribution in [0.5, 0.6) is 0 Å². The predicted molar refractivity (Wildman–Crippen MR) is 187 cm³/mol. The summed E-state index contributed by atoms with van der Waals surface area (Å²) < 4.78 is 13.2. The quantitative estimate of drug-likeness (QED) is 0.180. The van der Waals surface area contributed by atoms with Gasteiger partial charge in [0.1, 0.15) is 11.2 Å². The molecule has 7 aromatic carbocycles. The van der Waals surface area contributed by atoms with Crippen LogP contribution in [0, 0.1) is 0 Å². The Morgan fingerprint density at radius 1 is 0.340 bits per heavy atom. The van der Waals surface area contributed by atoms with Crippen LogP contribution in [0.15, 0.2) is 187 Å². The molecule has 9 rings (SSSR count). The van der Waals surface area contributed by atoms with Crippen molar-refractivity contribution in [3.05, 3.63) is 183 Å². The molecule has 220 valence electrons. The van der Waals surface area contributed by atoms with Crippen LogP contribution in [-0.4, -0.2) is 0 Å². The fourth-order valence-electron chi connectivity index (χ4n) is 6.55. The third-order valence-electron chi connectivity index (χ3n) is 8.93. The highest BCUT2D eigenvalue weighted by atomic mass is 16.3. The monoisotopic (exact) mass is 604 g/mol. The van der Waals surface area contributed by atoms with Crippen molar-refractivity contribution in [2.24, 2.45) is 0 Å². The van der Waals surface area contributed by atoms with E-state index in [1.165, 1.54) is 16.7 Å². The molecule has 0 aliphatic rings. The Labute approximate surface area is 272 Å². The molecule has 4 heteroatoms. The number of hydrogen-bond acceptors (Lipinski definition) is 1. The third-order valence-corrected chi connectivity index (χ3v) is 8.93. The Bertz CT molecular complexity index is 2540. The second kappa shape index (κ2) is 11.2. The molecule has 2 heterocycles. The molecule has 0 atom stereocenters. The van der Waals surface area contributed by atoms with Gasteiger partial charge in [-0.15, -0.1) is 0 Å². The zero-order chi connectivity index (χ0) is 31.2. The van der Waals surface area contributed by atoms with E-state index >= 15 is 0 Å². The maximum Gasteiger partial charge on any atom is 0.428 e. The summed E-state index contributed by atoms with van der Waals surface area (Å²) in [4.78, 5) is 0. The predicted octanol–water partition coefficient (Wildman–Crippen LogP) is 8.90. The van der Waals surface area contributed by atoms with Crippen LogP contribution in [0.4, 0.5) is 0 Å². The summed E-state index contributed by atoms with van der Waals surface area (Å²) in [5.41, 5.74) is 9.72. The normalized spacial score (nSPS) is 11.4. The van der Waals surface area contributed by atoms with Crippen molar-refractivity contribution in [3.8, 4) is 39.3 Å². The van der Waals surface area contributed by atoms with Gasteiger partial charge < -0.3 is 4.42 Å². The van der Waals surface area contributed by atoms with Gasteiger partial charge in [-0.1, -0.05) is 111 Å². The molecule has 0 spiro atoms. The van der Waals surface area contributed by atoms with Crippen molar-refractivity contribution in [1.29, 1.82) is 0 Å². The first kappa shape index (κ1) is 27.0. The Morgan fingerprint density at radius 2 is 0.851 bits per heavy atom. The van der Waals surface area contributed by atoms with Crippen molar-refractivity contribution in [3.63, 3.8) is 0 Å². The summed E-state index contributed by atoms with van der Waals surface area (Å²) in [6.07, 6.45) is 6.39. The molecule has 9 aromatic rings. The van der Waals surface area contributed by atoms with E-state index in [0.717, 1.165) is 55.3 Å². The zero-order valence-corrected chi connectivity index (χ0v) is 25.6. The molecule has 0 bridgehead atoms. The number of aromatic nitrogens is 3. The molecule has 47 heavy (non-hydrogen) atoms. The van der Waals surface area contributed by atoms with E-state index in [-0.39, 0.29) is 0 Å². The van der Waals surface area contributed by atoms with Gasteiger partial charge in [-0.05, 0) is 58.7 Å². The molecule has 0 unspecified atom stereocenters. The minimum Gasteiger partial charge on any atom is -0.455 e. The van der Waals surface area contributed by atoms with Crippen molar-refractivity contribution in [2.75, 3.05) is 0 Å². The number of rotatable bonds is 5. The second-order valence-electron chi connectivity index (χ2n) is 11.8. The van der Waals surface area contributed by atoms with Gasteiger partial charge in [0.05, 0.1) is 5.39 Å². The van der Waals surface area contributed by atoms with E-state index in [2.05, 4.69) is 178 Å². The van der Waals surface area contributed by atoms with Crippen LogP contribution in [0.2, 0.25) is 0 Å². The lowest BCUT2D eigenvalue weighted by Gasteiger charge is -2.03. The van der Waals surface area contributed by atoms with Gasteiger partial charge in [0.15, 0.2) is 0 Å². The first-order chi connectivity index (χ1) is 23.3. The number of hydrogen-bond donors (Lipinski definition) is 0. The lowest BCUT2D eigenvalue weighted by molar-refractivity contribution is -0.858. The highest BCUT2D eigenvalue weighted by Crippen LogP contribution is 2.37. The van der Waals surface area contributed by atoms with E-state index in [9.17, 15) is 0 Å². The van der Waals surface area contributed by atoms with Crippen LogP contribution in [0.25, 0.3) is 72.0 Å². The molecule has 2 aromatic heterocycles. The van der Waals surface area contributed by atoms with Crippen molar-refractivity contribution >= 4 is 32.7 Å². The fourth-order valence-corrected chi connectivity index (χ4v) is 6.55. The number of para-hydroxylation sites is 1. The van der Waals surface area contributed by atoms with Crippen LogP contribution in [-0.2, 0) is 0 Å². The molecule has 0 saturated carbocycles. The lowest BCUT2D eigenvalue weighted by atomic mass is 10.0. The highest BCUT2D eigenvalue weighted by Gasteiger charge is 2.27. The average molecular weight is 605 g/mol. The Morgan fingerprint density at radius 3 is 1.55 bits per heavy atom. The van der Waals surface area contributed by atoms with Gasteiger partial charge in [-0.2, -0.15) is 0 Å². The molecule has 0 N–H and O–H groups in total. The minimum absolute atomic E-state index is 0.894. The van der Waals surface area contributed by atoms with Crippen molar-refractivity contribution in [1.82, 2.24) is 0 Å². The summed E-state index contributed by atoms with van der Waals surface area (Å²) >= 11 is 0. The summed E-state index contributed by atoms with van der Waals surface area (Å²) in [5.74, 6) is 0. The van der Waals surface area contributed by atoms with Crippen LogP contribution in [0.3, 0.4) is 0 Å². The van der Waals surface area contributed by atoms with Crippen molar-refractivity contribution < 1.29 is 18.1 Å². The van der Waals surface area contributed by atoms with Crippen LogP contribution < -0.4 is 13.7 Å². The molecule has 4 nitrogen and oxygen atoms in total. The number of nitrogens with zero attached hydrogens (tertiary/aromatic N) is 3. The van der Waals surface area contributed by atoms with Gasteiger partial charge in [0, 0.05) is 46.5 Å². The maximum absolute atomic E-state index is 6.63. The third kappa shape index (κ3) is 4.84. The average Bonchev–Trinajstić information content (AvgIpc) is 3.54.